The average molecular weight is 329 g/mol. The second kappa shape index (κ2) is 10.1. The molecule has 24 heavy (non-hydrogen) atoms. The minimum absolute atomic E-state index is 0.207. The highest BCUT2D eigenvalue weighted by Gasteiger charge is 2.18. The van der Waals surface area contributed by atoms with E-state index in [0.717, 1.165) is 5.92 Å². The molecular weight excluding hydrogens is 301 g/mol. The average Bonchev–Trinajstić information content (AvgIpc) is 2.61. The van der Waals surface area contributed by atoms with Crippen LogP contribution >= 0.6 is 0 Å². The van der Waals surface area contributed by atoms with Gasteiger partial charge in [-0.15, -0.1) is 0 Å². The summed E-state index contributed by atoms with van der Waals surface area (Å²) in [6.45, 7) is 2.63. The van der Waals surface area contributed by atoms with E-state index < -0.39 is 5.82 Å². The first kappa shape index (κ1) is 18.5. The summed E-state index contributed by atoms with van der Waals surface area (Å²) in [5.41, 5.74) is 0.311. The van der Waals surface area contributed by atoms with Crippen molar-refractivity contribution < 1.29 is 9.13 Å². The predicted molar refractivity (Wildman–Crippen MR) is 95.3 cm³/mol. The summed E-state index contributed by atoms with van der Waals surface area (Å²) in [5, 5.41) is 8.72. The zero-order chi connectivity index (χ0) is 17.2. The topological polar surface area (TPSA) is 33.0 Å². The van der Waals surface area contributed by atoms with Gasteiger partial charge in [-0.25, -0.2) is 4.39 Å². The van der Waals surface area contributed by atoms with E-state index in [0.29, 0.717) is 18.1 Å². The molecule has 0 atom stereocenters. The fourth-order valence-electron chi connectivity index (χ4n) is 3.43. The van der Waals surface area contributed by atoms with Crippen LogP contribution in [0.2, 0.25) is 0 Å². The van der Waals surface area contributed by atoms with Gasteiger partial charge in [-0.3, -0.25) is 0 Å². The van der Waals surface area contributed by atoms with Crippen molar-refractivity contribution in [2.75, 3.05) is 6.61 Å². The third-order valence-electron chi connectivity index (χ3n) is 4.91. The largest absolute Gasteiger partial charge is 0.486 e. The molecular formula is C21H28FNO. The molecule has 1 aromatic rings. The second-order valence-electron chi connectivity index (χ2n) is 6.77. The third kappa shape index (κ3) is 6.00. The summed E-state index contributed by atoms with van der Waals surface area (Å²) in [5.74, 6) is 1.29. The maximum absolute atomic E-state index is 13.7. The van der Waals surface area contributed by atoms with Crippen molar-refractivity contribution >= 4 is 0 Å². The molecule has 1 aliphatic carbocycles. The molecule has 2 rings (SSSR count). The van der Waals surface area contributed by atoms with E-state index in [1.165, 1.54) is 63.5 Å². The first-order chi connectivity index (χ1) is 11.7. The van der Waals surface area contributed by atoms with E-state index in [4.69, 9.17) is 10.00 Å². The van der Waals surface area contributed by atoms with Crippen molar-refractivity contribution in [1.82, 2.24) is 0 Å². The van der Waals surface area contributed by atoms with Crippen molar-refractivity contribution in [1.29, 1.82) is 5.26 Å². The van der Waals surface area contributed by atoms with E-state index in [2.05, 4.69) is 13.0 Å². The molecule has 0 aliphatic heterocycles. The summed E-state index contributed by atoms with van der Waals surface area (Å²) >= 11 is 0. The van der Waals surface area contributed by atoms with Gasteiger partial charge in [0.25, 0.3) is 0 Å². The number of nitrogens with zero attached hydrogens (tertiary/aromatic N) is 1. The SMILES string of the molecule is CCCCCC1CCC(C=CCOc2ccc(C#N)cc2F)CC1. The number of nitriles is 1. The zero-order valence-electron chi connectivity index (χ0n) is 14.6. The molecule has 0 spiro atoms. The lowest BCUT2D eigenvalue weighted by molar-refractivity contribution is 0.287. The summed E-state index contributed by atoms with van der Waals surface area (Å²) in [4.78, 5) is 0. The van der Waals surface area contributed by atoms with Crippen LogP contribution < -0.4 is 4.74 Å². The highest BCUT2D eigenvalue weighted by Crippen LogP contribution is 2.32. The molecule has 0 N–H and O–H groups in total. The zero-order valence-corrected chi connectivity index (χ0v) is 14.6. The van der Waals surface area contributed by atoms with E-state index in [1.807, 2.05) is 12.1 Å². The first-order valence-corrected chi connectivity index (χ1v) is 9.22. The Kier molecular flexibility index (Phi) is 7.82. The summed E-state index contributed by atoms with van der Waals surface area (Å²) in [6.07, 6.45) is 14.9. The molecule has 0 heterocycles. The van der Waals surface area contributed by atoms with E-state index in [-0.39, 0.29) is 5.75 Å². The summed E-state index contributed by atoms with van der Waals surface area (Å²) in [6, 6.07) is 6.21. The van der Waals surface area contributed by atoms with Crippen molar-refractivity contribution in [2.24, 2.45) is 11.8 Å². The van der Waals surface area contributed by atoms with Gasteiger partial charge in [0.05, 0.1) is 11.6 Å². The highest BCUT2D eigenvalue weighted by atomic mass is 19.1. The summed E-state index contributed by atoms with van der Waals surface area (Å²) in [7, 11) is 0. The molecule has 3 heteroatoms. The highest BCUT2D eigenvalue weighted by molar-refractivity contribution is 5.36. The van der Waals surface area contributed by atoms with Crippen LogP contribution in [0.25, 0.3) is 0 Å². The normalized spacial score (nSPS) is 20.9. The minimum atomic E-state index is -0.477. The molecule has 1 saturated carbocycles. The van der Waals surface area contributed by atoms with Crippen molar-refractivity contribution in [3.05, 3.63) is 41.7 Å². The van der Waals surface area contributed by atoms with Crippen LogP contribution in [0, 0.1) is 29.0 Å². The molecule has 1 aliphatic rings. The van der Waals surface area contributed by atoms with E-state index in [1.54, 1.807) is 6.07 Å². The molecule has 0 aromatic heterocycles. The van der Waals surface area contributed by atoms with Crippen LogP contribution in [0.3, 0.4) is 0 Å². The van der Waals surface area contributed by atoms with Gasteiger partial charge in [0, 0.05) is 0 Å². The molecule has 1 fully saturated rings. The second-order valence-corrected chi connectivity index (χ2v) is 6.77. The molecule has 1 aromatic carbocycles. The smallest absolute Gasteiger partial charge is 0.166 e. The van der Waals surface area contributed by atoms with Gasteiger partial charge in [-0.2, -0.15) is 5.26 Å². The van der Waals surface area contributed by atoms with Gasteiger partial charge in [-0.1, -0.05) is 44.8 Å². The predicted octanol–water partition coefficient (Wildman–Crippen LogP) is 6.02. The summed E-state index contributed by atoms with van der Waals surface area (Å²) < 4.78 is 19.1. The Labute approximate surface area is 145 Å². The maximum atomic E-state index is 13.7. The van der Waals surface area contributed by atoms with Crippen molar-refractivity contribution in [3.63, 3.8) is 0 Å². The fraction of sp³-hybridized carbons (Fsp3) is 0.571. The van der Waals surface area contributed by atoms with Gasteiger partial charge in [0.1, 0.15) is 6.61 Å². The maximum Gasteiger partial charge on any atom is 0.166 e. The lowest BCUT2D eigenvalue weighted by Gasteiger charge is -2.26. The number of unbranched alkanes of at least 4 members (excludes halogenated alkanes) is 2. The van der Waals surface area contributed by atoms with Gasteiger partial charge >= 0.3 is 0 Å². The molecule has 0 bridgehead atoms. The number of ether oxygens (including phenoxy) is 1. The Hall–Kier alpha value is -1.82. The van der Waals surface area contributed by atoms with Crippen LogP contribution in [0.15, 0.2) is 30.4 Å². The number of hydrogen-bond acceptors (Lipinski definition) is 2. The van der Waals surface area contributed by atoms with Crippen LogP contribution in [0.1, 0.15) is 63.9 Å². The van der Waals surface area contributed by atoms with Gasteiger partial charge in [0.2, 0.25) is 0 Å². The Morgan fingerprint density at radius 3 is 2.71 bits per heavy atom. The molecule has 0 saturated heterocycles. The third-order valence-corrected chi connectivity index (χ3v) is 4.91. The van der Waals surface area contributed by atoms with E-state index in [9.17, 15) is 4.39 Å². The number of halogens is 1. The first-order valence-electron chi connectivity index (χ1n) is 9.22. The van der Waals surface area contributed by atoms with Crippen molar-refractivity contribution in [3.8, 4) is 11.8 Å². The minimum Gasteiger partial charge on any atom is -0.486 e. The van der Waals surface area contributed by atoms with E-state index >= 15 is 0 Å². The fourth-order valence-corrected chi connectivity index (χ4v) is 3.43. The van der Waals surface area contributed by atoms with Crippen molar-refractivity contribution in [2.45, 2.75) is 58.3 Å². The van der Waals surface area contributed by atoms with Crippen LogP contribution in [0.5, 0.6) is 5.75 Å². The number of allylic oxidation sites excluding steroid dienone is 1. The lowest BCUT2D eigenvalue weighted by atomic mass is 9.79. The molecule has 130 valence electrons. The quantitative estimate of drug-likeness (QED) is 0.431. The Bertz CT molecular complexity index is 568. The number of benzene rings is 1. The lowest BCUT2D eigenvalue weighted by Crippen LogP contribution is -2.13. The van der Waals surface area contributed by atoms with Gasteiger partial charge < -0.3 is 4.74 Å². The molecule has 0 radical (unpaired) electrons. The number of hydrogen-bond donors (Lipinski definition) is 0. The number of rotatable bonds is 8. The van der Waals surface area contributed by atoms with Crippen LogP contribution in [0.4, 0.5) is 4.39 Å². The monoisotopic (exact) mass is 329 g/mol. The van der Waals surface area contributed by atoms with Crippen LogP contribution in [-0.2, 0) is 0 Å². The Morgan fingerprint density at radius 2 is 2.04 bits per heavy atom. The van der Waals surface area contributed by atoms with Gasteiger partial charge in [-0.05, 0) is 55.7 Å². The standard InChI is InChI=1S/C21H28FNO/c1-2-3-4-6-17-8-10-18(11-9-17)7-5-14-24-21-13-12-19(16-23)15-20(21)22/h5,7,12-13,15,17-18H,2-4,6,8-11,14H2,1H3. The molecule has 0 unspecified atom stereocenters. The molecule has 0 amide bonds. The Balaban J connectivity index is 1.67. The Morgan fingerprint density at radius 1 is 1.25 bits per heavy atom. The van der Waals surface area contributed by atoms with Gasteiger partial charge in [0.15, 0.2) is 11.6 Å². The molecule has 2 nitrogen and oxygen atoms in total. The van der Waals surface area contributed by atoms with Crippen LogP contribution in [-0.4, -0.2) is 6.61 Å².